The van der Waals surface area contributed by atoms with E-state index in [0.717, 1.165) is 12.1 Å². The average molecular weight is 308 g/mol. The molecule has 0 spiro atoms. The summed E-state index contributed by atoms with van der Waals surface area (Å²) >= 11 is 0. The molecule has 5 rings (SSSR count). The fourth-order valence-electron chi connectivity index (χ4n) is 3.54. The fraction of sp³-hybridized carbons (Fsp3) is 0.0476. The van der Waals surface area contributed by atoms with E-state index in [0.29, 0.717) is 5.69 Å². The number of aromatic nitrogens is 2. The molecule has 0 aliphatic carbocycles. The molecule has 0 atom stereocenters. The van der Waals surface area contributed by atoms with E-state index in [4.69, 9.17) is 6.57 Å². The Morgan fingerprint density at radius 1 is 0.917 bits per heavy atom. The van der Waals surface area contributed by atoms with Crippen LogP contribution in [0.15, 0.2) is 72.9 Å². The van der Waals surface area contributed by atoms with Crippen LogP contribution >= 0.6 is 0 Å². The zero-order chi connectivity index (χ0) is 16.1. The van der Waals surface area contributed by atoms with Crippen LogP contribution in [-0.2, 0) is 6.54 Å². The van der Waals surface area contributed by atoms with Crippen LogP contribution in [-0.4, -0.2) is 4.68 Å². The first-order valence-corrected chi connectivity index (χ1v) is 7.95. The summed E-state index contributed by atoms with van der Waals surface area (Å²) in [5.74, 6) is 0. The van der Waals surface area contributed by atoms with Crippen LogP contribution in [0.2, 0.25) is 0 Å². The maximum atomic E-state index is 7.25. The van der Waals surface area contributed by atoms with Crippen molar-refractivity contribution in [1.82, 2.24) is 4.68 Å². The van der Waals surface area contributed by atoms with Crippen molar-refractivity contribution in [2.75, 3.05) is 0 Å². The first-order chi connectivity index (χ1) is 11.8. The van der Waals surface area contributed by atoms with E-state index in [9.17, 15) is 0 Å². The maximum absolute atomic E-state index is 7.25. The Morgan fingerprint density at radius 2 is 1.79 bits per heavy atom. The third kappa shape index (κ3) is 1.80. The summed E-state index contributed by atoms with van der Waals surface area (Å²) < 4.78 is 4.44. The fourth-order valence-corrected chi connectivity index (χ4v) is 3.54. The quantitative estimate of drug-likeness (QED) is 0.320. The number of rotatable bonds is 1. The van der Waals surface area contributed by atoms with Gasteiger partial charge in [0.25, 0.3) is 0 Å². The zero-order valence-corrected chi connectivity index (χ0v) is 13.0. The van der Waals surface area contributed by atoms with Crippen molar-refractivity contribution in [3.63, 3.8) is 0 Å². The Labute approximate surface area is 139 Å². The Bertz CT molecular complexity index is 1130. The summed E-state index contributed by atoms with van der Waals surface area (Å²) in [5, 5.41) is 1.17. The highest BCUT2D eigenvalue weighted by Crippen LogP contribution is 2.30. The molecule has 1 aliphatic rings. The third-order valence-electron chi connectivity index (χ3n) is 4.66. The molecular weight excluding hydrogens is 294 g/mol. The van der Waals surface area contributed by atoms with Crippen LogP contribution in [0.5, 0.6) is 0 Å². The summed E-state index contributed by atoms with van der Waals surface area (Å²) in [7, 11) is 0. The van der Waals surface area contributed by atoms with Crippen LogP contribution in [0.1, 0.15) is 5.56 Å². The molecule has 3 heteroatoms. The molecule has 0 fully saturated rings. The summed E-state index contributed by atoms with van der Waals surface area (Å²) in [6.07, 6.45) is 2.16. The predicted molar refractivity (Wildman–Crippen MR) is 94.3 cm³/mol. The molecule has 0 N–H and O–H groups in total. The minimum absolute atomic E-state index is 0.679. The Balaban J connectivity index is 1.69. The van der Waals surface area contributed by atoms with Crippen molar-refractivity contribution in [2.45, 2.75) is 6.54 Å². The van der Waals surface area contributed by atoms with E-state index in [1.54, 1.807) is 0 Å². The Kier molecular flexibility index (Phi) is 2.62. The number of hydrogen-bond acceptors (Lipinski definition) is 0. The first-order valence-electron chi connectivity index (χ1n) is 7.95. The molecule has 0 saturated heterocycles. The molecule has 4 aromatic rings. The number of hydrogen-bond donors (Lipinski definition) is 0. The monoisotopic (exact) mass is 308 g/mol. The van der Waals surface area contributed by atoms with Gasteiger partial charge in [-0.05, 0) is 29.3 Å². The molecule has 2 heterocycles. The molecule has 1 aromatic heterocycles. The van der Waals surface area contributed by atoms with Crippen molar-refractivity contribution < 1.29 is 4.68 Å². The van der Waals surface area contributed by atoms with Gasteiger partial charge in [0.15, 0.2) is 12.2 Å². The van der Waals surface area contributed by atoms with E-state index in [-0.39, 0.29) is 0 Å². The van der Waals surface area contributed by atoms with Crippen LogP contribution < -0.4 is 4.68 Å². The van der Waals surface area contributed by atoms with Crippen LogP contribution in [0.3, 0.4) is 0 Å². The molecule has 0 unspecified atom stereocenters. The maximum Gasteiger partial charge on any atom is 0.204 e. The normalized spacial score (nSPS) is 12.0. The van der Waals surface area contributed by atoms with Crippen molar-refractivity contribution >= 4 is 16.6 Å². The van der Waals surface area contributed by atoms with Gasteiger partial charge in [0.1, 0.15) is 11.2 Å². The van der Waals surface area contributed by atoms with E-state index in [1.165, 1.54) is 27.8 Å². The lowest BCUT2D eigenvalue weighted by atomic mass is 10.0. The lowest BCUT2D eigenvalue weighted by Gasteiger charge is -2.04. The molecule has 0 bridgehead atoms. The summed E-state index contributed by atoms with van der Waals surface area (Å²) in [4.78, 5) is 3.56. The molecule has 1 aliphatic heterocycles. The van der Waals surface area contributed by atoms with E-state index in [2.05, 4.69) is 62.9 Å². The van der Waals surface area contributed by atoms with Crippen molar-refractivity contribution in [1.29, 1.82) is 0 Å². The van der Waals surface area contributed by atoms with Crippen molar-refractivity contribution in [2.24, 2.45) is 0 Å². The van der Waals surface area contributed by atoms with Gasteiger partial charge in [-0.25, -0.2) is 4.85 Å². The van der Waals surface area contributed by atoms with Crippen LogP contribution in [0, 0.1) is 6.57 Å². The highest BCUT2D eigenvalue weighted by Gasteiger charge is 2.28. The number of nitrogens with zero attached hydrogens (tertiary/aromatic N) is 3. The minimum atomic E-state index is 0.679. The molecule has 3 nitrogen and oxygen atoms in total. The standard InChI is InChI=1S/C21H14N3/c1-22-19-9-7-17-13-23-14-18-11-16(15-5-3-2-4-6-15)8-10-20(18)24(23)21(17)12-19/h2-13H,14H2/q+1. The average Bonchev–Trinajstić information content (AvgIpc) is 3.16. The Hall–Kier alpha value is -3.38. The lowest BCUT2D eigenvalue weighted by molar-refractivity contribution is -0.749. The third-order valence-corrected chi connectivity index (χ3v) is 4.66. The highest BCUT2D eigenvalue weighted by atomic mass is 15.4. The van der Waals surface area contributed by atoms with Gasteiger partial charge in [-0.1, -0.05) is 48.5 Å². The highest BCUT2D eigenvalue weighted by molar-refractivity contribution is 5.83. The molecule has 24 heavy (non-hydrogen) atoms. The second-order valence-corrected chi connectivity index (χ2v) is 6.10. The minimum Gasteiger partial charge on any atom is -0.238 e. The topological polar surface area (TPSA) is 13.2 Å². The number of benzene rings is 3. The van der Waals surface area contributed by atoms with Gasteiger partial charge in [-0.2, -0.15) is 0 Å². The molecule has 112 valence electrons. The van der Waals surface area contributed by atoms with E-state index >= 15 is 0 Å². The lowest BCUT2D eigenvalue weighted by Crippen LogP contribution is -2.36. The zero-order valence-electron chi connectivity index (χ0n) is 13.0. The van der Waals surface area contributed by atoms with E-state index in [1.807, 2.05) is 24.3 Å². The molecular formula is C21H14N3+. The first kappa shape index (κ1) is 13.1. The van der Waals surface area contributed by atoms with Crippen molar-refractivity contribution in [3.05, 3.63) is 89.9 Å². The van der Waals surface area contributed by atoms with Gasteiger partial charge in [0, 0.05) is 5.56 Å². The van der Waals surface area contributed by atoms with Crippen LogP contribution in [0.25, 0.3) is 32.6 Å². The molecule has 0 saturated carbocycles. The number of fused-ring (bicyclic) bond motifs is 5. The van der Waals surface area contributed by atoms with Gasteiger partial charge in [-0.15, -0.1) is 9.36 Å². The second-order valence-electron chi connectivity index (χ2n) is 6.10. The Morgan fingerprint density at radius 3 is 2.62 bits per heavy atom. The SMILES string of the molecule is [C-]#[N+]c1ccc2c[n+]3n(c2c1)-c1ccc(-c2ccccc2)cc1C3. The van der Waals surface area contributed by atoms with Gasteiger partial charge >= 0.3 is 0 Å². The van der Waals surface area contributed by atoms with Gasteiger partial charge in [-0.3, -0.25) is 0 Å². The molecule has 0 amide bonds. The summed E-state index contributed by atoms with van der Waals surface area (Å²) in [5.41, 5.74) is 6.76. The van der Waals surface area contributed by atoms with Gasteiger partial charge < -0.3 is 0 Å². The van der Waals surface area contributed by atoms with Gasteiger partial charge in [0.05, 0.1) is 12.0 Å². The summed E-state index contributed by atoms with van der Waals surface area (Å²) in [6, 6.07) is 23.0. The second kappa shape index (κ2) is 4.81. The van der Waals surface area contributed by atoms with Crippen molar-refractivity contribution in [3.8, 4) is 16.8 Å². The smallest absolute Gasteiger partial charge is 0.204 e. The van der Waals surface area contributed by atoms with Crippen LogP contribution in [0.4, 0.5) is 5.69 Å². The molecule has 3 aromatic carbocycles. The molecule has 0 radical (unpaired) electrons. The van der Waals surface area contributed by atoms with E-state index < -0.39 is 0 Å². The largest absolute Gasteiger partial charge is 0.238 e. The summed E-state index contributed by atoms with van der Waals surface area (Å²) in [6.45, 7) is 8.11. The van der Waals surface area contributed by atoms with Gasteiger partial charge in [0.2, 0.25) is 6.20 Å². The predicted octanol–water partition coefficient (Wildman–Crippen LogP) is 4.50.